The van der Waals surface area contributed by atoms with Gasteiger partial charge in [-0.15, -0.1) is 11.3 Å². The van der Waals surface area contributed by atoms with Crippen LogP contribution < -0.4 is 19.7 Å². The molecule has 4 rings (SSSR count). The molecule has 1 N–H and O–H groups in total. The number of rotatable bonds is 8. The van der Waals surface area contributed by atoms with Crippen LogP contribution in [0.25, 0.3) is 21.3 Å². The van der Waals surface area contributed by atoms with Gasteiger partial charge in [0, 0.05) is 35.4 Å². The van der Waals surface area contributed by atoms with Crippen LogP contribution >= 0.6 is 11.3 Å². The van der Waals surface area contributed by atoms with E-state index in [1.54, 1.807) is 31.9 Å². The molecule has 160 valence electrons. The third-order valence-corrected chi connectivity index (χ3v) is 6.21. The topological polar surface area (TPSA) is 59.5 Å². The second-order valence-corrected chi connectivity index (χ2v) is 7.82. The van der Waals surface area contributed by atoms with Gasteiger partial charge in [0.25, 0.3) is 0 Å². The fourth-order valence-corrected chi connectivity index (χ4v) is 4.58. The molecule has 4 aromatic rings. The van der Waals surface area contributed by atoms with Crippen molar-refractivity contribution in [2.45, 2.75) is 13.8 Å². The quantitative estimate of drug-likeness (QED) is 0.369. The fourth-order valence-electron chi connectivity index (χ4n) is 3.67. The Morgan fingerprint density at radius 2 is 1.68 bits per heavy atom. The minimum Gasteiger partial charge on any atom is -0.493 e. The molecule has 0 aliphatic heterocycles. The number of nitrogens with zero attached hydrogens (tertiary/aromatic N) is 3. The van der Waals surface area contributed by atoms with Crippen LogP contribution in [0, 0.1) is 0 Å². The van der Waals surface area contributed by atoms with E-state index in [1.807, 2.05) is 18.2 Å². The Hall–Kier alpha value is -3.32. The van der Waals surface area contributed by atoms with Crippen LogP contribution in [0.1, 0.15) is 13.8 Å². The van der Waals surface area contributed by atoms with E-state index in [-0.39, 0.29) is 0 Å². The summed E-state index contributed by atoms with van der Waals surface area (Å²) in [6.45, 7) is 6.30. The second-order valence-electron chi connectivity index (χ2n) is 6.97. The highest BCUT2D eigenvalue weighted by atomic mass is 32.1. The number of ether oxygens (including phenoxy) is 2. The lowest BCUT2D eigenvalue weighted by Crippen LogP contribution is -2.21. The number of fused-ring (bicyclic) bond motifs is 1. The van der Waals surface area contributed by atoms with Crippen LogP contribution in [0.3, 0.4) is 0 Å². The third kappa shape index (κ3) is 4.14. The molecule has 0 amide bonds. The van der Waals surface area contributed by atoms with Crippen LogP contribution in [-0.4, -0.2) is 37.3 Å². The molecule has 0 aliphatic carbocycles. The number of benzene rings is 2. The van der Waals surface area contributed by atoms with Crippen LogP contribution in [0.4, 0.5) is 17.2 Å². The average Bonchev–Trinajstić information content (AvgIpc) is 3.26. The van der Waals surface area contributed by atoms with Crippen molar-refractivity contribution in [3.63, 3.8) is 0 Å². The lowest BCUT2D eigenvalue weighted by molar-refractivity contribution is 0.355. The van der Waals surface area contributed by atoms with Gasteiger partial charge in [-0.1, -0.05) is 6.07 Å². The van der Waals surface area contributed by atoms with Gasteiger partial charge in [-0.2, -0.15) is 0 Å². The molecule has 0 atom stereocenters. The van der Waals surface area contributed by atoms with Gasteiger partial charge >= 0.3 is 0 Å². The summed E-state index contributed by atoms with van der Waals surface area (Å²) in [5, 5.41) is 6.58. The van der Waals surface area contributed by atoms with Gasteiger partial charge in [0.2, 0.25) is 0 Å². The van der Waals surface area contributed by atoms with Gasteiger partial charge in [-0.05, 0) is 55.8 Å². The van der Waals surface area contributed by atoms with Crippen molar-refractivity contribution in [3.8, 4) is 22.6 Å². The number of hydrogen-bond acceptors (Lipinski definition) is 7. The zero-order valence-corrected chi connectivity index (χ0v) is 19.0. The molecule has 0 fully saturated rings. The Labute approximate surface area is 186 Å². The SMILES string of the molecule is CCN(CC)c1ccc(Nc2ncnc3scc(-c4ccc(OC)c(OC)c4)c23)cc1. The smallest absolute Gasteiger partial charge is 0.161 e. The monoisotopic (exact) mass is 434 g/mol. The van der Waals surface area contributed by atoms with E-state index in [0.29, 0.717) is 11.5 Å². The highest BCUT2D eigenvalue weighted by Crippen LogP contribution is 2.40. The maximum Gasteiger partial charge on any atom is 0.161 e. The largest absolute Gasteiger partial charge is 0.493 e. The standard InChI is InChI=1S/C24H26N4O2S/c1-5-28(6-2)18-10-8-17(9-11-18)27-23-22-19(14-31-24(22)26-15-25-23)16-7-12-20(29-3)21(13-16)30-4/h7-15H,5-6H2,1-4H3,(H,25,26,27). The Morgan fingerprint density at radius 3 is 2.35 bits per heavy atom. The molecule has 31 heavy (non-hydrogen) atoms. The van der Waals surface area contributed by atoms with E-state index in [2.05, 4.69) is 63.7 Å². The second kappa shape index (κ2) is 9.22. The van der Waals surface area contributed by atoms with Gasteiger partial charge in [0.15, 0.2) is 11.5 Å². The van der Waals surface area contributed by atoms with E-state index in [9.17, 15) is 0 Å². The number of aromatic nitrogens is 2. The summed E-state index contributed by atoms with van der Waals surface area (Å²) in [4.78, 5) is 12.3. The van der Waals surface area contributed by atoms with E-state index >= 15 is 0 Å². The first-order chi connectivity index (χ1) is 15.2. The van der Waals surface area contributed by atoms with Gasteiger partial charge in [-0.3, -0.25) is 0 Å². The van der Waals surface area contributed by atoms with E-state index < -0.39 is 0 Å². The summed E-state index contributed by atoms with van der Waals surface area (Å²) < 4.78 is 10.9. The molecule has 0 bridgehead atoms. The summed E-state index contributed by atoms with van der Waals surface area (Å²) >= 11 is 1.60. The van der Waals surface area contributed by atoms with Crippen molar-refractivity contribution < 1.29 is 9.47 Å². The van der Waals surface area contributed by atoms with Crippen LogP contribution in [0.15, 0.2) is 54.2 Å². The molecule has 0 aliphatic rings. The zero-order chi connectivity index (χ0) is 21.8. The first kappa shape index (κ1) is 20.9. The van der Waals surface area contributed by atoms with Gasteiger partial charge in [-0.25, -0.2) is 9.97 Å². The van der Waals surface area contributed by atoms with Crippen LogP contribution in [0.5, 0.6) is 11.5 Å². The summed E-state index contributed by atoms with van der Waals surface area (Å²) in [5.41, 5.74) is 4.28. The first-order valence-corrected chi connectivity index (χ1v) is 11.1. The average molecular weight is 435 g/mol. The van der Waals surface area contributed by atoms with Gasteiger partial charge < -0.3 is 19.7 Å². The molecule has 0 saturated heterocycles. The number of anilines is 3. The van der Waals surface area contributed by atoms with E-state index in [4.69, 9.17) is 9.47 Å². The molecule has 0 radical (unpaired) electrons. The lowest BCUT2D eigenvalue weighted by atomic mass is 10.1. The van der Waals surface area contributed by atoms with Crippen LogP contribution in [-0.2, 0) is 0 Å². The summed E-state index contributed by atoms with van der Waals surface area (Å²) in [6, 6.07) is 14.4. The molecule has 7 heteroatoms. The molecule has 2 aromatic carbocycles. The van der Waals surface area contributed by atoms with E-state index in [1.165, 1.54) is 5.69 Å². The Balaban J connectivity index is 1.71. The first-order valence-electron chi connectivity index (χ1n) is 10.2. The maximum absolute atomic E-state index is 5.49. The number of nitrogens with one attached hydrogen (secondary N) is 1. The number of methoxy groups -OCH3 is 2. The zero-order valence-electron chi connectivity index (χ0n) is 18.2. The predicted octanol–water partition coefficient (Wildman–Crippen LogP) is 5.97. The number of hydrogen-bond donors (Lipinski definition) is 1. The molecule has 0 saturated carbocycles. The van der Waals surface area contributed by atoms with Gasteiger partial charge in [0.05, 0.1) is 19.6 Å². The lowest BCUT2D eigenvalue weighted by Gasteiger charge is -2.21. The molecule has 0 unspecified atom stereocenters. The molecular formula is C24H26N4O2S. The van der Waals surface area contributed by atoms with Crippen molar-refractivity contribution in [3.05, 3.63) is 54.2 Å². The van der Waals surface area contributed by atoms with Crippen molar-refractivity contribution in [2.75, 3.05) is 37.5 Å². The normalized spacial score (nSPS) is 10.8. The minimum absolute atomic E-state index is 0.692. The minimum atomic E-state index is 0.692. The molecule has 6 nitrogen and oxygen atoms in total. The molecule has 2 heterocycles. The van der Waals surface area contributed by atoms with Crippen LogP contribution in [0.2, 0.25) is 0 Å². The Kier molecular flexibility index (Phi) is 6.23. The molecule has 2 aromatic heterocycles. The summed E-state index contributed by atoms with van der Waals surface area (Å²) in [7, 11) is 3.28. The maximum atomic E-state index is 5.49. The van der Waals surface area contributed by atoms with Crippen molar-refractivity contribution in [1.82, 2.24) is 9.97 Å². The fraction of sp³-hybridized carbons (Fsp3) is 0.250. The predicted molar refractivity (Wildman–Crippen MR) is 129 cm³/mol. The van der Waals surface area contributed by atoms with Crippen molar-refractivity contribution in [1.29, 1.82) is 0 Å². The number of thiophene rings is 1. The van der Waals surface area contributed by atoms with Gasteiger partial charge in [0.1, 0.15) is 17.0 Å². The summed E-state index contributed by atoms with van der Waals surface area (Å²) in [6.07, 6.45) is 1.60. The molecule has 0 spiro atoms. The summed E-state index contributed by atoms with van der Waals surface area (Å²) in [5.74, 6) is 2.18. The highest BCUT2D eigenvalue weighted by molar-refractivity contribution is 7.17. The highest BCUT2D eigenvalue weighted by Gasteiger charge is 2.15. The van der Waals surface area contributed by atoms with Crippen molar-refractivity contribution >= 4 is 38.7 Å². The Bertz CT molecular complexity index is 1170. The Morgan fingerprint density at radius 1 is 0.935 bits per heavy atom. The van der Waals surface area contributed by atoms with E-state index in [0.717, 1.165) is 45.9 Å². The third-order valence-electron chi connectivity index (χ3n) is 5.32. The molecular weight excluding hydrogens is 408 g/mol. The van der Waals surface area contributed by atoms with Crippen molar-refractivity contribution in [2.24, 2.45) is 0 Å².